The molecule has 3 amide bonds. The molecule has 0 aliphatic heterocycles. The second-order valence-corrected chi connectivity index (χ2v) is 9.20. The van der Waals surface area contributed by atoms with Gasteiger partial charge in [-0.2, -0.15) is 13.2 Å². The SMILES string of the molecule is C[C@H](CC(=N)C1CCC(NC(=O)c2ccccn2)CC1)NC(=O)CNC(=O)c1cccc(C(F)(F)F)c1. The first kappa shape index (κ1) is 27.8. The molecule has 2 aromatic rings. The summed E-state index contributed by atoms with van der Waals surface area (Å²) in [4.78, 5) is 40.7. The van der Waals surface area contributed by atoms with Gasteiger partial charge in [-0.05, 0) is 68.9 Å². The molecule has 1 fully saturated rings. The van der Waals surface area contributed by atoms with Crippen molar-refractivity contribution in [3.05, 3.63) is 65.5 Å². The second kappa shape index (κ2) is 12.5. The van der Waals surface area contributed by atoms with Gasteiger partial charge in [-0.25, -0.2) is 0 Å². The van der Waals surface area contributed by atoms with Crippen LogP contribution in [0.25, 0.3) is 0 Å². The lowest BCUT2D eigenvalue weighted by molar-refractivity contribution is -0.137. The fourth-order valence-electron chi connectivity index (χ4n) is 4.32. The number of aromatic nitrogens is 1. The average Bonchev–Trinajstić information content (AvgIpc) is 2.87. The molecule has 0 unspecified atom stereocenters. The molecule has 37 heavy (non-hydrogen) atoms. The van der Waals surface area contributed by atoms with E-state index in [1.54, 1.807) is 31.3 Å². The summed E-state index contributed by atoms with van der Waals surface area (Å²) in [5.74, 6) is -1.44. The third-order valence-corrected chi connectivity index (χ3v) is 6.25. The molecule has 1 aromatic heterocycles. The van der Waals surface area contributed by atoms with Crippen LogP contribution >= 0.6 is 0 Å². The molecular weight excluding hydrogens is 487 g/mol. The zero-order valence-electron chi connectivity index (χ0n) is 20.4. The van der Waals surface area contributed by atoms with E-state index in [4.69, 9.17) is 5.41 Å². The smallest absolute Gasteiger partial charge is 0.352 e. The highest BCUT2D eigenvalue weighted by Gasteiger charge is 2.31. The van der Waals surface area contributed by atoms with E-state index in [1.165, 1.54) is 6.07 Å². The predicted molar refractivity (Wildman–Crippen MR) is 131 cm³/mol. The quantitative estimate of drug-likeness (QED) is 0.379. The summed E-state index contributed by atoms with van der Waals surface area (Å²) < 4.78 is 38.5. The van der Waals surface area contributed by atoms with Crippen molar-refractivity contribution >= 4 is 23.4 Å². The minimum absolute atomic E-state index is 0.0242. The molecule has 198 valence electrons. The molecule has 0 saturated heterocycles. The maximum absolute atomic E-state index is 12.8. The Hall–Kier alpha value is -3.76. The molecule has 1 aliphatic rings. The standard InChI is InChI=1S/C26H30F3N5O3/c1-16(33-23(35)15-32-24(36)18-5-4-6-19(14-18)26(27,28)29)13-21(30)17-8-10-20(11-9-17)34-25(37)22-7-2-3-12-31-22/h2-7,12,14,16-17,20,30H,8-11,13,15H2,1H3,(H,32,36)(H,33,35)(H,34,37)/t16-,17?,20?/m1/s1. The third kappa shape index (κ3) is 8.40. The molecule has 1 saturated carbocycles. The lowest BCUT2D eigenvalue weighted by atomic mass is 9.81. The lowest BCUT2D eigenvalue weighted by Crippen LogP contribution is -2.42. The van der Waals surface area contributed by atoms with Crippen LogP contribution in [0.15, 0.2) is 48.7 Å². The van der Waals surface area contributed by atoms with Crippen LogP contribution in [-0.4, -0.2) is 47.0 Å². The number of alkyl halides is 3. The predicted octanol–water partition coefficient (Wildman–Crippen LogP) is 3.73. The van der Waals surface area contributed by atoms with E-state index in [9.17, 15) is 27.6 Å². The largest absolute Gasteiger partial charge is 0.416 e. The maximum atomic E-state index is 12.8. The van der Waals surface area contributed by atoms with Gasteiger partial charge >= 0.3 is 6.18 Å². The first-order chi connectivity index (χ1) is 17.5. The van der Waals surface area contributed by atoms with Crippen molar-refractivity contribution in [2.45, 2.75) is 57.3 Å². The average molecular weight is 518 g/mol. The van der Waals surface area contributed by atoms with E-state index in [-0.39, 0.29) is 29.5 Å². The van der Waals surface area contributed by atoms with Crippen molar-refractivity contribution in [2.75, 3.05) is 6.54 Å². The van der Waals surface area contributed by atoms with E-state index in [1.807, 2.05) is 0 Å². The van der Waals surface area contributed by atoms with E-state index in [0.29, 0.717) is 17.8 Å². The molecule has 0 radical (unpaired) electrons. The van der Waals surface area contributed by atoms with Crippen LogP contribution < -0.4 is 16.0 Å². The van der Waals surface area contributed by atoms with Crippen LogP contribution in [0.4, 0.5) is 13.2 Å². The Labute approximate surface area is 212 Å². The molecule has 1 aromatic carbocycles. The van der Waals surface area contributed by atoms with Crippen molar-refractivity contribution in [2.24, 2.45) is 5.92 Å². The molecule has 1 aliphatic carbocycles. The van der Waals surface area contributed by atoms with Gasteiger partial charge in [0.1, 0.15) is 5.69 Å². The van der Waals surface area contributed by atoms with Crippen molar-refractivity contribution < 1.29 is 27.6 Å². The summed E-state index contributed by atoms with van der Waals surface area (Å²) in [6, 6.07) is 8.80. The third-order valence-electron chi connectivity index (χ3n) is 6.25. The number of hydrogen-bond donors (Lipinski definition) is 4. The van der Waals surface area contributed by atoms with Crippen LogP contribution in [-0.2, 0) is 11.0 Å². The molecule has 11 heteroatoms. The zero-order valence-corrected chi connectivity index (χ0v) is 20.4. The molecule has 4 N–H and O–H groups in total. The van der Waals surface area contributed by atoms with Crippen molar-refractivity contribution in [1.29, 1.82) is 5.41 Å². The Morgan fingerprint density at radius 2 is 1.78 bits per heavy atom. The van der Waals surface area contributed by atoms with Gasteiger partial charge in [-0.1, -0.05) is 12.1 Å². The van der Waals surface area contributed by atoms with Gasteiger partial charge in [-0.3, -0.25) is 19.4 Å². The zero-order chi connectivity index (χ0) is 27.0. The Morgan fingerprint density at radius 3 is 2.43 bits per heavy atom. The molecule has 0 bridgehead atoms. The first-order valence-corrected chi connectivity index (χ1v) is 12.1. The van der Waals surface area contributed by atoms with Gasteiger partial charge in [0.25, 0.3) is 11.8 Å². The molecule has 1 atom stereocenters. The van der Waals surface area contributed by atoms with E-state index in [0.717, 1.165) is 43.9 Å². The van der Waals surface area contributed by atoms with Crippen molar-refractivity contribution in [3.8, 4) is 0 Å². The summed E-state index contributed by atoms with van der Waals surface area (Å²) in [5, 5.41) is 16.5. The van der Waals surface area contributed by atoms with Crippen LogP contribution in [0.3, 0.4) is 0 Å². The fourth-order valence-corrected chi connectivity index (χ4v) is 4.32. The number of amides is 3. The van der Waals surface area contributed by atoms with Gasteiger partial charge in [0.05, 0.1) is 12.1 Å². The normalized spacial score (nSPS) is 18.4. The molecule has 3 rings (SSSR count). The van der Waals surface area contributed by atoms with E-state index in [2.05, 4.69) is 20.9 Å². The first-order valence-electron chi connectivity index (χ1n) is 12.1. The monoisotopic (exact) mass is 517 g/mol. The summed E-state index contributed by atoms with van der Waals surface area (Å²) in [5.41, 5.74) is -0.256. The second-order valence-electron chi connectivity index (χ2n) is 9.20. The Balaban J connectivity index is 1.37. The highest BCUT2D eigenvalue weighted by atomic mass is 19.4. The minimum atomic E-state index is -4.57. The molecular formula is C26H30F3N5O3. The molecule has 0 spiro atoms. The fraction of sp³-hybridized carbons (Fsp3) is 0.423. The molecule has 1 heterocycles. The lowest BCUT2D eigenvalue weighted by Gasteiger charge is -2.30. The Morgan fingerprint density at radius 1 is 1.05 bits per heavy atom. The maximum Gasteiger partial charge on any atom is 0.416 e. The van der Waals surface area contributed by atoms with Gasteiger partial charge in [0.15, 0.2) is 0 Å². The van der Waals surface area contributed by atoms with Gasteiger partial charge in [-0.15, -0.1) is 0 Å². The van der Waals surface area contributed by atoms with Crippen LogP contribution in [0.2, 0.25) is 0 Å². The van der Waals surface area contributed by atoms with Gasteiger partial charge in [0.2, 0.25) is 5.91 Å². The Bertz CT molecular complexity index is 1120. The number of nitrogens with zero attached hydrogens (tertiary/aromatic N) is 1. The van der Waals surface area contributed by atoms with Crippen molar-refractivity contribution in [3.63, 3.8) is 0 Å². The number of halogens is 3. The van der Waals surface area contributed by atoms with E-state index >= 15 is 0 Å². The minimum Gasteiger partial charge on any atom is -0.352 e. The van der Waals surface area contributed by atoms with Gasteiger partial charge in [0, 0.05) is 36.0 Å². The number of rotatable bonds is 9. The highest BCUT2D eigenvalue weighted by Crippen LogP contribution is 2.29. The van der Waals surface area contributed by atoms with Crippen LogP contribution in [0.1, 0.15) is 65.4 Å². The number of benzene rings is 1. The number of pyridine rings is 1. The number of carbonyl (C=O) groups is 3. The van der Waals surface area contributed by atoms with Crippen LogP contribution in [0, 0.1) is 11.3 Å². The summed E-state index contributed by atoms with van der Waals surface area (Å²) in [6.07, 6.45) is 0.321. The number of hydrogen-bond acceptors (Lipinski definition) is 5. The van der Waals surface area contributed by atoms with E-state index < -0.39 is 30.1 Å². The van der Waals surface area contributed by atoms with Gasteiger partial charge < -0.3 is 21.4 Å². The summed E-state index contributed by atoms with van der Waals surface area (Å²) >= 11 is 0. The number of carbonyl (C=O) groups excluding carboxylic acids is 3. The van der Waals surface area contributed by atoms with Crippen molar-refractivity contribution in [1.82, 2.24) is 20.9 Å². The highest BCUT2D eigenvalue weighted by molar-refractivity contribution is 5.96. The molecule has 8 nitrogen and oxygen atoms in total. The topological polar surface area (TPSA) is 124 Å². The number of nitrogens with one attached hydrogen (secondary N) is 4. The van der Waals surface area contributed by atoms with Crippen LogP contribution in [0.5, 0.6) is 0 Å². The summed E-state index contributed by atoms with van der Waals surface area (Å²) in [6.45, 7) is 1.35. The Kier molecular flexibility index (Phi) is 9.37. The summed E-state index contributed by atoms with van der Waals surface area (Å²) in [7, 11) is 0.